The molecule has 1 aliphatic rings. The van der Waals surface area contributed by atoms with Crippen LogP contribution < -0.4 is 0 Å². The Morgan fingerprint density at radius 3 is 2.74 bits per heavy atom. The number of hydrogen-bond acceptors (Lipinski definition) is 2. The molecule has 0 bridgehead atoms. The summed E-state index contributed by atoms with van der Waals surface area (Å²) < 4.78 is 0. The number of carboxylic acids is 1. The van der Waals surface area contributed by atoms with E-state index in [4.69, 9.17) is 5.11 Å². The number of hydrogen-bond donors (Lipinski definition) is 1. The zero-order valence-electron chi connectivity index (χ0n) is 10.5. The lowest BCUT2D eigenvalue weighted by Crippen LogP contribution is -2.05. The summed E-state index contributed by atoms with van der Waals surface area (Å²) in [5, 5.41) is 9.00. The molecule has 1 atom stereocenters. The Kier molecular flexibility index (Phi) is 5.04. The van der Waals surface area contributed by atoms with Crippen LogP contribution in [0.4, 0.5) is 0 Å². The first-order valence-corrected chi connectivity index (χ1v) is 7.23. The zero-order valence-corrected chi connectivity index (χ0v) is 11.3. The van der Waals surface area contributed by atoms with Gasteiger partial charge in [0.05, 0.1) is 11.0 Å². The normalized spacial score (nSPS) is 15.7. The summed E-state index contributed by atoms with van der Waals surface area (Å²) in [7, 11) is 0. The van der Waals surface area contributed by atoms with E-state index in [1.165, 1.54) is 17.3 Å². The molecule has 1 aromatic rings. The van der Waals surface area contributed by atoms with E-state index in [0.717, 1.165) is 12.0 Å². The SMILES string of the molecule is O=C(O)CSC(C1=CC=CC=CC1)c1ccccc1. The predicted octanol–water partition coefficient (Wildman–Crippen LogP) is 3.99. The fourth-order valence-corrected chi connectivity index (χ4v) is 3.04. The third kappa shape index (κ3) is 4.14. The summed E-state index contributed by atoms with van der Waals surface area (Å²) in [6.07, 6.45) is 11.1. The van der Waals surface area contributed by atoms with Crippen LogP contribution in [0.2, 0.25) is 0 Å². The van der Waals surface area contributed by atoms with Gasteiger partial charge in [0.15, 0.2) is 0 Å². The molecule has 0 saturated heterocycles. The monoisotopic (exact) mass is 272 g/mol. The van der Waals surface area contributed by atoms with Crippen molar-refractivity contribution in [2.75, 3.05) is 5.75 Å². The molecule has 0 amide bonds. The van der Waals surface area contributed by atoms with Gasteiger partial charge in [-0.25, -0.2) is 0 Å². The number of benzene rings is 1. The maximum atomic E-state index is 10.8. The number of thioether (sulfide) groups is 1. The van der Waals surface area contributed by atoms with Gasteiger partial charge in [-0.15, -0.1) is 11.8 Å². The van der Waals surface area contributed by atoms with E-state index >= 15 is 0 Å². The standard InChI is InChI=1S/C16H16O2S/c17-15(18)12-19-16(14-10-6-3-7-11-14)13-8-4-1-2-5-9-13/h1-8,10-11,16H,9,12H2,(H,17,18). The van der Waals surface area contributed by atoms with E-state index in [1.54, 1.807) is 0 Å². The molecule has 1 N–H and O–H groups in total. The van der Waals surface area contributed by atoms with Crippen molar-refractivity contribution in [2.45, 2.75) is 11.7 Å². The molecule has 98 valence electrons. The molecule has 1 aromatic carbocycles. The highest BCUT2D eigenvalue weighted by atomic mass is 32.2. The van der Waals surface area contributed by atoms with Crippen LogP contribution in [-0.4, -0.2) is 16.8 Å². The minimum Gasteiger partial charge on any atom is -0.481 e. The Morgan fingerprint density at radius 1 is 1.21 bits per heavy atom. The topological polar surface area (TPSA) is 37.3 Å². The van der Waals surface area contributed by atoms with Crippen LogP contribution in [0.5, 0.6) is 0 Å². The first-order valence-electron chi connectivity index (χ1n) is 6.18. The van der Waals surface area contributed by atoms with E-state index in [2.05, 4.69) is 24.3 Å². The number of carboxylic acid groups (broad SMARTS) is 1. The number of rotatable bonds is 5. The fraction of sp³-hybridized carbons (Fsp3) is 0.188. The molecule has 1 aliphatic carbocycles. The van der Waals surface area contributed by atoms with Gasteiger partial charge in [0, 0.05) is 0 Å². The number of carbonyl (C=O) groups is 1. The largest absolute Gasteiger partial charge is 0.481 e. The molecular weight excluding hydrogens is 256 g/mol. The first kappa shape index (κ1) is 13.7. The van der Waals surface area contributed by atoms with E-state index < -0.39 is 5.97 Å². The molecule has 0 spiro atoms. The lowest BCUT2D eigenvalue weighted by atomic mass is 10.0. The Hall–Kier alpha value is -1.74. The van der Waals surface area contributed by atoms with Crippen molar-refractivity contribution >= 4 is 17.7 Å². The van der Waals surface area contributed by atoms with Crippen molar-refractivity contribution in [3.63, 3.8) is 0 Å². The van der Waals surface area contributed by atoms with E-state index in [-0.39, 0.29) is 11.0 Å². The Labute approximate surface area is 117 Å². The van der Waals surface area contributed by atoms with Crippen molar-refractivity contribution in [3.05, 3.63) is 71.8 Å². The summed E-state index contributed by atoms with van der Waals surface area (Å²) in [5.74, 6) is -0.657. The third-order valence-electron chi connectivity index (χ3n) is 2.83. The van der Waals surface area contributed by atoms with Crippen LogP contribution in [0.25, 0.3) is 0 Å². The lowest BCUT2D eigenvalue weighted by molar-refractivity contribution is -0.133. The Balaban J connectivity index is 2.23. The third-order valence-corrected chi connectivity index (χ3v) is 4.16. The van der Waals surface area contributed by atoms with Crippen LogP contribution in [0, 0.1) is 0 Å². The molecule has 0 radical (unpaired) electrons. The summed E-state index contributed by atoms with van der Waals surface area (Å²) in [6, 6.07) is 10.1. The van der Waals surface area contributed by atoms with E-state index in [0.29, 0.717) is 0 Å². The van der Waals surface area contributed by atoms with Gasteiger partial charge in [-0.1, -0.05) is 60.7 Å². The second kappa shape index (κ2) is 7.00. The molecule has 3 heteroatoms. The summed E-state index contributed by atoms with van der Waals surface area (Å²) in [6.45, 7) is 0. The molecule has 0 saturated carbocycles. The molecule has 0 aromatic heterocycles. The van der Waals surface area contributed by atoms with Gasteiger partial charge in [0.1, 0.15) is 0 Å². The predicted molar refractivity (Wildman–Crippen MR) is 80.3 cm³/mol. The molecule has 0 aliphatic heterocycles. The van der Waals surface area contributed by atoms with Crippen LogP contribution in [0.1, 0.15) is 17.2 Å². The minimum absolute atomic E-state index is 0.102. The molecule has 2 nitrogen and oxygen atoms in total. The van der Waals surface area contributed by atoms with Crippen molar-refractivity contribution < 1.29 is 9.90 Å². The quantitative estimate of drug-likeness (QED) is 0.880. The molecular formula is C16H16O2S. The van der Waals surface area contributed by atoms with Crippen molar-refractivity contribution in [1.82, 2.24) is 0 Å². The molecule has 2 rings (SSSR count). The summed E-state index contributed by atoms with van der Waals surface area (Å²) in [4.78, 5) is 10.8. The highest BCUT2D eigenvalue weighted by Gasteiger charge is 2.17. The van der Waals surface area contributed by atoms with Gasteiger partial charge in [0.25, 0.3) is 0 Å². The van der Waals surface area contributed by atoms with Gasteiger partial charge in [0.2, 0.25) is 0 Å². The molecule has 0 heterocycles. The Bertz CT molecular complexity index is 515. The van der Waals surface area contributed by atoms with Crippen LogP contribution in [-0.2, 0) is 4.79 Å². The fourth-order valence-electron chi connectivity index (χ4n) is 1.99. The van der Waals surface area contributed by atoms with Gasteiger partial charge < -0.3 is 5.11 Å². The minimum atomic E-state index is -0.772. The van der Waals surface area contributed by atoms with Crippen molar-refractivity contribution in [3.8, 4) is 0 Å². The summed E-state index contributed by atoms with van der Waals surface area (Å²) >= 11 is 1.46. The van der Waals surface area contributed by atoms with Crippen molar-refractivity contribution in [2.24, 2.45) is 0 Å². The van der Waals surface area contributed by atoms with E-state index in [1.807, 2.05) is 36.4 Å². The van der Waals surface area contributed by atoms with Crippen LogP contribution in [0.3, 0.4) is 0 Å². The molecule has 19 heavy (non-hydrogen) atoms. The summed E-state index contributed by atoms with van der Waals surface area (Å²) in [5.41, 5.74) is 2.39. The molecule has 1 unspecified atom stereocenters. The number of allylic oxidation sites excluding steroid dienone is 5. The highest BCUT2D eigenvalue weighted by Crippen LogP contribution is 2.37. The average Bonchev–Trinajstić information content (AvgIpc) is 2.69. The second-order valence-electron chi connectivity index (χ2n) is 4.25. The van der Waals surface area contributed by atoms with Gasteiger partial charge >= 0.3 is 5.97 Å². The maximum absolute atomic E-state index is 10.8. The van der Waals surface area contributed by atoms with Crippen LogP contribution >= 0.6 is 11.8 Å². The highest BCUT2D eigenvalue weighted by molar-refractivity contribution is 8.00. The van der Waals surface area contributed by atoms with Crippen molar-refractivity contribution in [1.29, 1.82) is 0 Å². The molecule has 0 fully saturated rings. The smallest absolute Gasteiger partial charge is 0.313 e. The van der Waals surface area contributed by atoms with Gasteiger partial charge in [-0.3, -0.25) is 4.79 Å². The zero-order chi connectivity index (χ0) is 13.5. The average molecular weight is 272 g/mol. The maximum Gasteiger partial charge on any atom is 0.313 e. The van der Waals surface area contributed by atoms with Gasteiger partial charge in [-0.2, -0.15) is 0 Å². The first-order chi connectivity index (χ1) is 9.27. The van der Waals surface area contributed by atoms with Gasteiger partial charge in [-0.05, 0) is 17.6 Å². The Morgan fingerprint density at radius 2 is 2.00 bits per heavy atom. The lowest BCUT2D eigenvalue weighted by Gasteiger charge is -2.19. The second-order valence-corrected chi connectivity index (χ2v) is 5.35. The van der Waals surface area contributed by atoms with E-state index in [9.17, 15) is 4.79 Å². The number of aliphatic carboxylic acids is 1. The van der Waals surface area contributed by atoms with Crippen LogP contribution in [0.15, 0.2) is 66.3 Å².